The van der Waals surface area contributed by atoms with Crippen molar-refractivity contribution in [2.45, 2.75) is 31.7 Å². The number of hydrogen-bond acceptors (Lipinski definition) is 4. The average molecular weight is 340 g/mol. The lowest BCUT2D eigenvalue weighted by atomic mass is 10.0. The minimum atomic E-state index is -3.23. The van der Waals surface area contributed by atoms with Crippen molar-refractivity contribution in [1.82, 2.24) is 9.62 Å². The fourth-order valence-electron chi connectivity index (χ4n) is 2.80. The van der Waals surface area contributed by atoms with Crippen LogP contribution in [-0.4, -0.2) is 51.7 Å². The van der Waals surface area contributed by atoms with Crippen LogP contribution in [0.1, 0.15) is 24.8 Å². The SMILES string of the molecule is COc1ccc(CCC(=O)N2CCC[C@H](NS(C)(=O)=O)C2)cc1. The van der Waals surface area contributed by atoms with Gasteiger partial charge in [0.15, 0.2) is 0 Å². The third-order valence-corrected chi connectivity index (χ3v) is 4.70. The summed E-state index contributed by atoms with van der Waals surface area (Å²) in [7, 11) is -1.61. The van der Waals surface area contributed by atoms with Crippen LogP contribution < -0.4 is 9.46 Å². The average Bonchev–Trinajstić information content (AvgIpc) is 2.51. The lowest BCUT2D eigenvalue weighted by Gasteiger charge is -2.32. The number of rotatable bonds is 6. The van der Waals surface area contributed by atoms with Gasteiger partial charge in [-0.1, -0.05) is 12.1 Å². The molecule has 0 bridgehead atoms. The van der Waals surface area contributed by atoms with Crippen LogP contribution >= 0.6 is 0 Å². The molecule has 1 fully saturated rings. The summed E-state index contributed by atoms with van der Waals surface area (Å²) in [5, 5.41) is 0. The third kappa shape index (κ3) is 5.84. The Morgan fingerprint density at radius 3 is 2.65 bits per heavy atom. The van der Waals surface area contributed by atoms with E-state index in [2.05, 4.69) is 4.72 Å². The monoisotopic (exact) mass is 340 g/mol. The summed E-state index contributed by atoms with van der Waals surface area (Å²) in [6, 6.07) is 7.50. The molecule has 7 heteroatoms. The Hall–Kier alpha value is -1.60. The second kappa shape index (κ2) is 7.79. The molecule has 23 heavy (non-hydrogen) atoms. The molecule has 0 spiro atoms. The largest absolute Gasteiger partial charge is 0.497 e. The highest BCUT2D eigenvalue weighted by Crippen LogP contribution is 2.15. The highest BCUT2D eigenvalue weighted by molar-refractivity contribution is 7.88. The molecule has 0 radical (unpaired) electrons. The maximum absolute atomic E-state index is 12.3. The summed E-state index contributed by atoms with van der Waals surface area (Å²) in [6.07, 6.45) is 3.84. The molecular formula is C16H24N2O4S. The minimum absolute atomic E-state index is 0.0702. The van der Waals surface area contributed by atoms with Crippen LogP contribution in [0.3, 0.4) is 0 Å². The van der Waals surface area contributed by atoms with Crippen molar-refractivity contribution in [3.63, 3.8) is 0 Å². The van der Waals surface area contributed by atoms with Crippen LogP contribution in [0.2, 0.25) is 0 Å². The van der Waals surface area contributed by atoms with E-state index in [1.165, 1.54) is 0 Å². The van der Waals surface area contributed by atoms with Gasteiger partial charge >= 0.3 is 0 Å². The number of sulfonamides is 1. The van der Waals surface area contributed by atoms with Gasteiger partial charge in [-0.25, -0.2) is 13.1 Å². The van der Waals surface area contributed by atoms with Crippen LogP contribution in [0.4, 0.5) is 0 Å². The Labute approximate surface area is 137 Å². The quantitative estimate of drug-likeness (QED) is 0.843. The predicted octanol–water partition coefficient (Wildman–Crippen LogP) is 1.17. The molecule has 0 unspecified atom stereocenters. The van der Waals surface area contributed by atoms with Crippen molar-refractivity contribution >= 4 is 15.9 Å². The molecule has 1 aliphatic rings. The first-order chi connectivity index (χ1) is 10.9. The number of methoxy groups -OCH3 is 1. The summed E-state index contributed by atoms with van der Waals surface area (Å²) in [6.45, 7) is 1.15. The van der Waals surface area contributed by atoms with Gasteiger partial charge in [0.1, 0.15) is 5.75 Å². The van der Waals surface area contributed by atoms with E-state index in [-0.39, 0.29) is 11.9 Å². The van der Waals surface area contributed by atoms with Gasteiger partial charge in [-0.3, -0.25) is 4.79 Å². The Kier molecular flexibility index (Phi) is 6.01. The zero-order valence-electron chi connectivity index (χ0n) is 13.6. The molecule has 1 aromatic carbocycles. The van der Waals surface area contributed by atoms with E-state index in [0.717, 1.165) is 30.4 Å². The first-order valence-corrected chi connectivity index (χ1v) is 9.64. The van der Waals surface area contributed by atoms with Crippen molar-refractivity contribution in [1.29, 1.82) is 0 Å². The fourth-order valence-corrected chi connectivity index (χ4v) is 3.60. The van der Waals surface area contributed by atoms with Crippen LogP contribution in [0, 0.1) is 0 Å². The fraction of sp³-hybridized carbons (Fsp3) is 0.562. The van der Waals surface area contributed by atoms with E-state index in [4.69, 9.17) is 4.74 Å². The first-order valence-electron chi connectivity index (χ1n) is 7.75. The number of piperidine rings is 1. The maximum atomic E-state index is 12.3. The lowest BCUT2D eigenvalue weighted by Crippen LogP contribution is -2.49. The molecule has 1 N–H and O–H groups in total. The van der Waals surface area contributed by atoms with E-state index < -0.39 is 10.0 Å². The Bertz CT molecular complexity index is 628. The number of ether oxygens (including phenoxy) is 1. The van der Waals surface area contributed by atoms with Gasteiger partial charge in [0, 0.05) is 25.6 Å². The van der Waals surface area contributed by atoms with E-state index >= 15 is 0 Å². The van der Waals surface area contributed by atoms with Crippen molar-refractivity contribution in [3.8, 4) is 5.75 Å². The number of aryl methyl sites for hydroxylation is 1. The molecule has 1 aromatic rings. The molecular weight excluding hydrogens is 316 g/mol. The van der Waals surface area contributed by atoms with Gasteiger partial charge in [-0.05, 0) is 37.0 Å². The molecule has 2 rings (SSSR count). The number of benzene rings is 1. The van der Waals surface area contributed by atoms with Gasteiger partial charge in [-0.15, -0.1) is 0 Å². The van der Waals surface area contributed by atoms with Crippen LogP contribution in [0.5, 0.6) is 5.75 Å². The number of carbonyl (C=O) groups excluding carboxylic acids is 1. The van der Waals surface area contributed by atoms with Crippen molar-refractivity contribution in [2.24, 2.45) is 0 Å². The highest BCUT2D eigenvalue weighted by atomic mass is 32.2. The molecule has 0 aliphatic carbocycles. The molecule has 0 aromatic heterocycles. The number of nitrogens with zero attached hydrogens (tertiary/aromatic N) is 1. The molecule has 0 saturated carbocycles. The topological polar surface area (TPSA) is 75.7 Å². The molecule has 1 saturated heterocycles. The maximum Gasteiger partial charge on any atom is 0.222 e. The number of carbonyl (C=O) groups is 1. The molecule has 1 amide bonds. The number of amides is 1. The summed E-state index contributed by atoms with van der Waals surface area (Å²) in [5.41, 5.74) is 1.09. The van der Waals surface area contributed by atoms with E-state index in [1.54, 1.807) is 12.0 Å². The predicted molar refractivity (Wildman–Crippen MR) is 88.9 cm³/mol. The third-order valence-electron chi connectivity index (χ3n) is 3.94. The van der Waals surface area contributed by atoms with Gasteiger partial charge in [0.05, 0.1) is 13.4 Å². The molecule has 1 atom stereocenters. The Morgan fingerprint density at radius 1 is 1.35 bits per heavy atom. The van der Waals surface area contributed by atoms with E-state index in [1.807, 2.05) is 24.3 Å². The van der Waals surface area contributed by atoms with Crippen molar-refractivity contribution in [2.75, 3.05) is 26.5 Å². The van der Waals surface area contributed by atoms with E-state index in [0.29, 0.717) is 25.9 Å². The number of hydrogen-bond donors (Lipinski definition) is 1. The summed E-state index contributed by atoms with van der Waals surface area (Å²) >= 11 is 0. The van der Waals surface area contributed by atoms with Gasteiger partial charge in [0.2, 0.25) is 15.9 Å². The minimum Gasteiger partial charge on any atom is -0.497 e. The Morgan fingerprint density at radius 2 is 2.04 bits per heavy atom. The van der Waals surface area contributed by atoms with Gasteiger partial charge < -0.3 is 9.64 Å². The molecule has 6 nitrogen and oxygen atoms in total. The first kappa shape index (κ1) is 17.7. The van der Waals surface area contributed by atoms with Gasteiger partial charge in [-0.2, -0.15) is 0 Å². The number of likely N-dealkylation sites (tertiary alicyclic amines) is 1. The normalized spacial score (nSPS) is 18.7. The number of nitrogens with one attached hydrogen (secondary N) is 1. The standard InChI is InChI=1S/C16H24N2O4S/c1-22-15-8-5-13(6-9-15)7-10-16(19)18-11-3-4-14(12-18)17-23(2,20)21/h5-6,8-9,14,17H,3-4,7,10-12H2,1-2H3/t14-/m0/s1. The smallest absolute Gasteiger partial charge is 0.222 e. The van der Waals surface area contributed by atoms with Crippen LogP contribution in [0.15, 0.2) is 24.3 Å². The lowest BCUT2D eigenvalue weighted by molar-refractivity contribution is -0.132. The van der Waals surface area contributed by atoms with Crippen LogP contribution in [0.25, 0.3) is 0 Å². The molecule has 1 aliphatic heterocycles. The van der Waals surface area contributed by atoms with Gasteiger partial charge in [0.25, 0.3) is 0 Å². The summed E-state index contributed by atoms with van der Waals surface area (Å²) in [5.74, 6) is 0.867. The second-order valence-corrected chi connectivity index (χ2v) is 7.70. The van der Waals surface area contributed by atoms with Crippen molar-refractivity contribution in [3.05, 3.63) is 29.8 Å². The zero-order valence-corrected chi connectivity index (χ0v) is 14.4. The summed E-state index contributed by atoms with van der Waals surface area (Å²) < 4.78 is 30.3. The zero-order chi connectivity index (χ0) is 16.9. The van der Waals surface area contributed by atoms with Crippen LogP contribution in [-0.2, 0) is 21.2 Å². The van der Waals surface area contributed by atoms with E-state index in [9.17, 15) is 13.2 Å². The summed E-state index contributed by atoms with van der Waals surface area (Å²) in [4.78, 5) is 14.1. The van der Waals surface area contributed by atoms with Crippen molar-refractivity contribution < 1.29 is 17.9 Å². The second-order valence-electron chi connectivity index (χ2n) is 5.92. The Balaban J connectivity index is 1.84. The molecule has 1 heterocycles. The highest BCUT2D eigenvalue weighted by Gasteiger charge is 2.25. The molecule has 128 valence electrons.